The standard InChI is InChI=1S/C19H17N3O4S2/c1-11-18(12(2)26-21-11)19(24)25-10-17(23)22-14(16-6-4-8-28-16)9-13(20-22)15-5-3-7-27-15/h3-8,14H,9-10H2,1-2H3/t14-/m1/s1. The smallest absolute Gasteiger partial charge is 0.344 e. The molecule has 0 N–H and O–H groups in total. The van der Waals surface area contributed by atoms with Crippen LogP contribution < -0.4 is 0 Å². The van der Waals surface area contributed by atoms with Gasteiger partial charge in [0.25, 0.3) is 5.91 Å². The number of carbonyl (C=O) groups is 2. The quantitative estimate of drug-likeness (QED) is 0.589. The van der Waals surface area contributed by atoms with Crippen molar-refractivity contribution in [3.63, 3.8) is 0 Å². The van der Waals surface area contributed by atoms with Crippen molar-refractivity contribution in [1.29, 1.82) is 0 Å². The summed E-state index contributed by atoms with van der Waals surface area (Å²) in [6.07, 6.45) is 0.630. The van der Waals surface area contributed by atoms with Crippen molar-refractivity contribution in [2.75, 3.05) is 6.61 Å². The molecule has 1 amide bonds. The minimum Gasteiger partial charge on any atom is -0.452 e. The molecule has 0 spiro atoms. The first-order valence-corrected chi connectivity index (χ1v) is 10.4. The fourth-order valence-electron chi connectivity index (χ4n) is 3.07. The average Bonchev–Trinajstić information content (AvgIpc) is 3.44. The van der Waals surface area contributed by atoms with Gasteiger partial charge in [-0.2, -0.15) is 5.10 Å². The number of hydrogen-bond acceptors (Lipinski definition) is 8. The summed E-state index contributed by atoms with van der Waals surface area (Å²) < 4.78 is 10.2. The summed E-state index contributed by atoms with van der Waals surface area (Å²) in [5.41, 5.74) is 1.55. The first-order valence-electron chi connectivity index (χ1n) is 8.61. The minimum atomic E-state index is -0.626. The molecule has 1 aliphatic heterocycles. The Kier molecular flexibility index (Phi) is 5.10. The monoisotopic (exact) mass is 415 g/mol. The zero-order chi connectivity index (χ0) is 19.7. The van der Waals surface area contributed by atoms with E-state index in [1.165, 1.54) is 5.01 Å². The van der Waals surface area contributed by atoms with Crippen molar-refractivity contribution in [3.8, 4) is 0 Å². The van der Waals surface area contributed by atoms with E-state index in [0.29, 0.717) is 17.9 Å². The summed E-state index contributed by atoms with van der Waals surface area (Å²) in [4.78, 5) is 27.2. The van der Waals surface area contributed by atoms with Crippen LogP contribution in [-0.4, -0.2) is 34.4 Å². The van der Waals surface area contributed by atoms with Crippen LogP contribution in [0.5, 0.6) is 0 Å². The summed E-state index contributed by atoms with van der Waals surface area (Å²) in [7, 11) is 0. The van der Waals surface area contributed by atoms with Gasteiger partial charge >= 0.3 is 5.97 Å². The van der Waals surface area contributed by atoms with Crippen LogP contribution in [0.1, 0.15) is 44.0 Å². The van der Waals surface area contributed by atoms with Gasteiger partial charge in [-0.1, -0.05) is 17.3 Å². The molecule has 9 heteroatoms. The largest absolute Gasteiger partial charge is 0.452 e. The van der Waals surface area contributed by atoms with Gasteiger partial charge in [0, 0.05) is 11.3 Å². The van der Waals surface area contributed by atoms with Gasteiger partial charge in [0.05, 0.1) is 22.3 Å². The second-order valence-corrected chi connectivity index (χ2v) is 8.20. The molecule has 4 rings (SSSR count). The number of nitrogens with zero attached hydrogens (tertiary/aromatic N) is 3. The van der Waals surface area contributed by atoms with E-state index < -0.39 is 12.6 Å². The number of hydrogen-bond donors (Lipinski definition) is 0. The normalized spacial score (nSPS) is 16.3. The Balaban J connectivity index is 1.51. The van der Waals surface area contributed by atoms with E-state index in [2.05, 4.69) is 10.3 Å². The Labute approximate surface area is 169 Å². The lowest BCUT2D eigenvalue weighted by atomic mass is 10.1. The maximum absolute atomic E-state index is 12.8. The van der Waals surface area contributed by atoms with E-state index in [-0.39, 0.29) is 17.5 Å². The summed E-state index contributed by atoms with van der Waals surface area (Å²) in [5, 5.41) is 13.7. The van der Waals surface area contributed by atoms with Crippen molar-refractivity contribution >= 4 is 40.3 Å². The van der Waals surface area contributed by atoms with Crippen LogP contribution in [0.4, 0.5) is 0 Å². The van der Waals surface area contributed by atoms with Crippen molar-refractivity contribution in [2.45, 2.75) is 26.3 Å². The molecule has 4 heterocycles. The summed E-state index contributed by atoms with van der Waals surface area (Å²) in [6.45, 7) is 2.88. The Bertz CT molecular complexity index is 1000. The highest BCUT2D eigenvalue weighted by Crippen LogP contribution is 2.35. The molecule has 0 saturated heterocycles. The molecular formula is C19H17N3O4S2. The zero-order valence-corrected chi connectivity index (χ0v) is 16.9. The molecule has 3 aromatic rings. The topological polar surface area (TPSA) is 85.0 Å². The van der Waals surface area contributed by atoms with Crippen LogP contribution in [0.2, 0.25) is 0 Å². The molecule has 144 valence electrons. The van der Waals surface area contributed by atoms with Crippen LogP contribution in [0.3, 0.4) is 0 Å². The van der Waals surface area contributed by atoms with E-state index in [4.69, 9.17) is 9.26 Å². The molecule has 7 nitrogen and oxygen atoms in total. The van der Waals surface area contributed by atoms with Gasteiger partial charge in [-0.15, -0.1) is 22.7 Å². The molecule has 0 bridgehead atoms. The van der Waals surface area contributed by atoms with Gasteiger partial charge in [0.15, 0.2) is 6.61 Å². The van der Waals surface area contributed by atoms with E-state index in [1.807, 2.05) is 35.0 Å². The van der Waals surface area contributed by atoms with Gasteiger partial charge in [0.1, 0.15) is 11.3 Å². The van der Waals surface area contributed by atoms with Gasteiger partial charge in [-0.25, -0.2) is 9.80 Å². The van der Waals surface area contributed by atoms with Gasteiger partial charge < -0.3 is 9.26 Å². The van der Waals surface area contributed by atoms with Gasteiger partial charge in [-0.3, -0.25) is 4.79 Å². The number of carbonyl (C=O) groups excluding carboxylic acids is 2. The van der Waals surface area contributed by atoms with Crippen molar-refractivity contribution in [2.24, 2.45) is 5.10 Å². The van der Waals surface area contributed by atoms with E-state index in [0.717, 1.165) is 15.5 Å². The molecule has 1 atom stereocenters. The average molecular weight is 415 g/mol. The van der Waals surface area contributed by atoms with E-state index in [1.54, 1.807) is 36.5 Å². The number of rotatable bonds is 5. The molecule has 0 unspecified atom stereocenters. The Hall–Kier alpha value is -2.78. The lowest BCUT2D eigenvalue weighted by molar-refractivity contribution is -0.136. The molecule has 0 saturated carbocycles. The lowest BCUT2D eigenvalue weighted by Crippen LogP contribution is -2.31. The Morgan fingerprint density at radius 3 is 2.68 bits per heavy atom. The van der Waals surface area contributed by atoms with Crippen molar-refractivity contribution < 1.29 is 18.8 Å². The van der Waals surface area contributed by atoms with Crippen LogP contribution in [-0.2, 0) is 9.53 Å². The van der Waals surface area contributed by atoms with Gasteiger partial charge in [0.2, 0.25) is 0 Å². The summed E-state index contributed by atoms with van der Waals surface area (Å²) >= 11 is 3.16. The van der Waals surface area contributed by atoms with E-state index in [9.17, 15) is 9.59 Å². The third kappa shape index (κ3) is 3.50. The molecule has 3 aromatic heterocycles. The second-order valence-electron chi connectivity index (χ2n) is 6.27. The molecule has 0 aromatic carbocycles. The van der Waals surface area contributed by atoms with Crippen LogP contribution in [0.25, 0.3) is 0 Å². The molecule has 0 radical (unpaired) electrons. The number of aryl methyl sites for hydroxylation is 2. The molecule has 1 aliphatic rings. The zero-order valence-electron chi connectivity index (χ0n) is 15.2. The van der Waals surface area contributed by atoms with Gasteiger partial charge in [-0.05, 0) is 36.7 Å². The predicted octanol–water partition coefficient (Wildman–Crippen LogP) is 3.95. The number of esters is 1. The second kappa shape index (κ2) is 7.69. The van der Waals surface area contributed by atoms with E-state index >= 15 is 0 Å². The molecule has 28 heavy (non-hydrogen) atoms. The van der Waals surface area contributed by atoms with Crippen molar-refractivity contribution in [3.05, 3.63) is 61.8 Å². The van der Waals surface area contributed by atoms with Crippen LogP contribution >= 0.6 is 22.7 Å². The third-order valence-corrected chi connectivity index (χ3v) is 6.30. The first kappa shape index (κ1) is 18.6. The highest BCUT2D eigenvalue weighted by atomic mass is 32.1. The number of aromatic nitrogens is 1. The Morgan fingerprint density at radius 1 is 1.25 bits per heavy atom. The highest BCUT2D eigenvalue weighted by Gasteiger charge is 2.34. The van der Waals surface area contributed by atoms with Crippen LogP contribution in [0.15, 0.2) is 44.7 Å². The maximum atomic E-state index is 12.8. The minimum absolute atomic E-state index is 0.192. The number of amides is 1. The fraction of sp³-hybridized carbons (Fsp3) is 0.263. The molecule has 0 aliphatic carbocycles. The lowest BCUT2D eigenvalue weighted by Gasteiger charge is -2.20. The number of hydrazone groups is 1. The highest BCUT2D eigenvalue weighted by molar-refractivity contribution is 7.12. The Morgan fingerprint density at radius 2 is 2.04 bits per heavy atom. The molecule has 0 fully saturated rings. The fourth-order valence-corrected chi connectivity index (χ4v) is 4.61. The number of thiophene rings is 2. The maximum Gasteiger partial charge on any atom is 0.344 e. The molecular weight excluding hydrogens is 398 g/mol. The first-order chi connectivity index (χ1) is 13.5. The van der Waals surface area contributed by atoms with Crippen molar-refractivity contribution in [1.82, 2.24) is 10.2 Å². The van der Waals surface area contributed by atoms with Crippen LogP contribution in [0, 0.1) is 13.8 Å². The number of ether oxygens (including phenoxy) is 1. The predicted molar refractivity (Wildman–Crippen MR) is 106 cm³/mol. The summed E-state index contributed by atoms with van der Waals surface area (Å²) in [6, 6.07) is 7.68. The summed E-state index contributed by atoms with van der Waals surface area (Å²) in [5.74, 6) is -0.630. The third-order valence-electron chi connectivity index (χ3n) is 4.41. The SMILES string of the molecule is Cc1noc(C)c1C(=O)OCC(=O)N1N=C(c2cccs2)C[C@@H]1c1cccs1.